The van der Waals surface area contributed by atoms with Crippen molar-refractivity contribution in [2.24, 2.45) is 0 Å². The number of carboxylic acid groups (broad SMARTS) is 1. The van der Waals surface area contributed by atoms with Crippen molar-refractivity contribution in [1.29, 1.82) is 0 Å². The zero-order valence-electron chi connectivity index (χ0n) is 14.3. The van der Waals surface area contributed by atoms with E-state index < -0.39 is 24.0 Å². The number of carbonyl (C=O) groups is 2. The lowest BCUT2D eigenvalue weighted by molar-refractivity contribution is -0.274. The lowest BCUT2D eigenvalue weighted by atomic mass is 10.0. The van der Waals surface area contributed by atoms with Gasteiger partial charge in [-0.3, -0.25) is 4.79 Å². The second kappa shape index (κ2) is 8.14. The number of hydrogen-bond donors (Lipinski definition) is 2. The van der Waals surface area contributed by atoms with Gasteiger partial charge in [0.05, 0.1) is 5.56 Å². The van der Waals surface area contributed by atoms with Gasteiger partial charge < -0.3 is 15.2 Å². The number of aromatic carboxylic acids is 1. The first-order valence-electron chi connectivity index (χ1n) is 7.92. The molecule has 2 aromatic carbocycles. The summed E-state index contributed by atoms with van der Waals surface area (Å²) < 4.78 is 41.6. The number of benzene rings is 2. The Hall–Kier alpha value is -3.04. The number of carbonyl (C=O) groups excluding carboxylic acids is 1. The Kier molecular flexibility index (Phi) is 5.81. The monoisotopic (exact) mass is 441 g/mol. The predicted molar refractivity (Wildman–Crippen MR) is 103 cm³/mol. The third-order valence-corrected chi connectivity index (χ3v) is 4.89. The number of para-hydroxylation sites is 1. The van der Waals surface area contributed by atoms with Crippen LogP contribution in [0.2, 0.25) is 5.02 Å². The Morgan fingerprint density at radius 1 is 1.07 bits per heavy atom. The van der Waals surface area contributed by atoms with E-state index in [0.717, 1.165) is 23.5 Å². The lowest BCUT2D eigenvalue weighted by Gasteiger charge is -2.13. The maximum atomic E-state index is 12.6. The van der Waals surface area contributed by atoms with Gasteiger partial charge >= 0.3 is 12.3 Å². The van der Waals surface area contributed by atoms with Crippen LogP contribution >= 0.6 is 22.9 Å². The summed E-state index contributed by atoms with van der Waals surface area (Å²) in [5.74, 6) is -2.92. The smallest absolute Gasteiger partial charge is 0.478 e. The van der Waals surface area contributed by atoms with E-state index in [2.05, 4.69) is 10.1 Å². The molecule has 0 aliphatic carbocycles. The van der Waals surface area contributed by atoms with Crippen LogP contribution in [0.1, 0.15) is 20.7 Å². The van der Waals surface area contributed by atoms with Gasteiger partial charge in [-0.25, -0.2) is 4.79 Å². The fourth-order valence-electron chi connectivity index (χ4n) is 2.54. The number of anilines is 1. The highest BCUT2D eigenvalue weighted by Crippen LogP contribution is 2.37. The van der Waals surface area contributed by atoms with Gasteiger partial charge in [0.25, 0.3) is 5.91 Å². The van der Waals surface area contributed by atoms with Crippen molar-refractivity contribution in [2.75, 3.05) is 5.32 Å². The summed E-state index contributed by atoms with van der Waals surface area (Å²) in [6.45, 7) is 0. The van der Waals surface area contributed by atoms with E-state index >= 15 is 0 Å². The maximum Gasteiger partial charge on any atom is 0.573 e. The molecule has 0 aliphatic heterocycles. The highest BCUT2D eigenvalue weighted by atomic mass is 35.5. The molecule has 1 amide bonds. The van der Waals surface area contributed by atoms with E-state index in [4.69, 9.17) is 11.6 Å². The van der Waals surface area contributed by atoms with Crippen molar-refractivity contribution in [1.82, 2.24) is 0 Å². The first-order chi connectivity index (χ1) is 13.7. The summed E-state index contributed by atoms with van der Waals surface area (Å²) in [4.78, 5) is 24.3. The molecule has 0 fully saturated rings. The van der Waals surface area contributed by atoms with Gasteiger partial charge in [0.2, 0.25) is 0 Å². The van der Waals surface area contributed by atoms with Gasteiger partial charge in [-0.1, -0.05) is 35.9 Å². The van der Waals surface area contributed by atoms with Crippen LogP contribution in [0, 0.1) is 0 Å². The lowest BCUT2D eigenvalue weighted by Crippen LogP contribution is -2.21. The maximum absolute atomic E-state index is 12.6. The molecule has 1 heterocycles. The van der Waals surface area contributed by atoms with E-state index in [1.165, 1.54) is 17.5 Å². The van der Waals surface area contributed by atoms with E-state index in [9.17, 15) is 27.9 Å². The Labute approximate surface area is 171 Å². The molecule has 0 atom stereocenters. The second-order valence-electron chi connectivity index (χ2n) is 5.66. The zero-order chi connectivity index (χ0) is 21.2. The average Bonchev–Trinajstić information content (AvgIpc) is 3.05. The Morgan fingerprint density at radius 2 is 1.72 bits per heavy atom. The third kappa shape index (κ3) is 4.87. The van der Waals surface area contributed by atoms with Crippen LogP contribution in [0.15, 0.2) is 53.9 Å². The molecule has 3 aromatic rings. The van der Waals surface area contributed by atoms with Crippen molar-refractivity contribution in [3.05, 3.63) is 70.1 Å². The number of amides is 1. The fraction of sp³-hybridized carbons (Fsp3) is 0.0526. The number of thiophene rings is 1. The second-order valence-corrected chi connectivity index (χ2v) is 6.98. The van der Waals surface area contributed by atoms with Crippen LogP contribution in [0.25, 0.3) is 11.1 Å². The molecular weight excluding hydrogens is 431 g/mol. The van der Waals surface area contributed by atoms with Crippen LogP contribution in [0.4, 0.5) is 18.2 Å². The average molecular weight is 442 g/mol. The highest BCUT2D eigenvalue weighted by Gasteiger charge is 2.33. The van der Waals surface area contributed by atoms with Crippen molar-refractivity contribution < 1.29 is 32.6 Å². The van der Waals surface area contributed by atoms with Gasteiger partial charge in [0.15, 0.2) is 0 Å². The van der Waals surface area contributed by atoms with Gasteiger partial charge in [-0.05, 0) is 29.8 Å². The number of carboxylic acids is 1. The molecule has 0 aliphatic rings. The van der Waals surface area contributed by atoms with E-state index in [-0.39, 0.29) is 16.1 Å². The van der Waals surface area contributed by atoms with Gasteiger partial charge in [0, 0.05) is 16.0 Å². The van der Waals surface area contributed by atoms with Crippen molar-refractivity contribution in [3.8, 4) is 16.9 Å². The van der Waals surface area contributed by atoms with E-state index in [1.54, 1.807) is 24.3 Å². The Morgan fingerprint density at radius 3 is 2.34 bits per heavy atom. The van der Waals surface area contributed by atoms with Gasteiger partial charge in [0.1, 0.15) is 16.3 Å². The molecule has 150 valence electrons. The first-order valence-corrected chi connectivity index (χ1v) is 9.18. The summed E-state index contributed by atoms with van der Waals surface area (Å²) in [7, 11) is 0. The van der Waals surface area contributed by atoms with Crippen molar-refractivity contribution in [2.45, 2.75) is 6.36 Å². The molecule has 2 N–H and O–H groups in total. The fourth-order valence-corrected chi connectivity index (χ4v) is 3.62. The summed E-state index contributed by atoms with van der Waals surface area (Å²) in [6, 6.07) is 11.2. The zero-order valence-corrected chi connectivity index (χ0v) is 15.9. The number of ether oxygens (including phenoxy) is 1. The van der Waals surface area contributed by atoms with Gasteiger partial charge in [-0.2, -0.15) is 0 Å². The van der Waals surface area contributed by atoms with Crippen molar-refractivity contribution in [3.63, 3.8) is 0 Å². The molecule has 0 radical (unpaired) electrons. The molecule has 5 nitrogen and oxygen atoms in total. The molecule has 0 bridgehead atoms. The van der Waals surface area contributed by atoms with Crippen LogP contribution < -0.4 is 10.1 Å². The molecule has 3 rings (SSSR count). The molecular formula is C19H11ClF3NO4S. The quantitative estimate of drug-likeness (QED) is 0.515. The number of rotatable bonds is 5. The first kappa shape index (κ1) is 20.7. The minimum absolute atomic E-state index is 0.0192. The normalized spacial score (nSPS) is 11.2. The molecule has 10 heteroatoms. The molecule has 0 saturated heterocycles. The Bertz CT molecular complexity index is 1060. The topological polar surface area (TPSA) is 75.6 Å². The number of hydrogen-bond acceptors (Lipinski definition) is 4. The standard InChI is InChI=1S/C19H11ClF3NO4S/c20-11-7-5-10(6-8-11)13-9-29-17(15(13)18(26)27)24-16(25)12-3-1-2-4-14(12)28-19(21,22)23/h1-9H,(H,24,25)(H,26,27). The molecule has 0 unspecified atom stereocenters. The molecule has 0 spiro atoms. The largest absolute Gasteiger partial charge is 0.573 e. The van der Waals surface area contributed by atoms with Crippen LogP contribution in [-0.2, 0) is 0 Å². The van der Waals surface area contributed by atoms with Crippen LogP contribution in [-0.4, -0.2) is 23.3 Å². The number of nitrogens with one attached hydrogen (secondary N) is 1. The van der Waals surface area contributed by atoms with Crippen LogP contribution in [0.5, 0.6) is 5.75 Å². The SMILES string of the molecule is O=C(Nc1scc(-c2ccc(Cl)cc2)c1C(=O)O)c1ccccc1OC(F)(F)F. The highest BCUT2D eigenvalue weighted by molar-refractivity contribution is 7.15. The minimum Gasteiger partial charge on any atom is -0.478 e. The number of halogens is 4. The third-order valence-electron chi connectivity index (χ3n) is 3.74. The molecule has 29 heavy (non-hydrogen) atoms. The predicted octanol–water partition coefficient (Wildman–Crippen LogP) is 5.92. The van der Waals surface area contributed by atoms with Gasteiger partial charge in [-0.15, -0.1) is 24.5 Å². The summed E-state index contributed by atoms with van der Waals surface area (Å²) in [6.07, 6.45) is -4.98. The summed E-state index contributed by atoms with van der Waals surface area (Å²) in [5, 5.41) is 13.9. The molecule has 1 aromatic heterocycles. The van der Waals surface area contributed by atoms with E-state index in [0.29, 0.717) is 16.1 Å². The number of alkyl halides is 3. The molecule has 0 saturated carbocycles. The summed E-state index contributed by atoms with van der Waals surface area (Å²) in [5.41, 5.74) is 0.334. The minimum atomic E-state index is -4.98. The van der Waals surface area contributed by atoms with Crippen molar-refractivity contribution >= 4 is 39.8 Å². The van der Waals surface area contributed by atoms with E-state index in [1.807, 2.05) is 0 Å². The Balaban J connectivity index is 1.94. The van der Waals surface area contributed by atoms with Crippen LogP contribution in [0.3, 0.4) is 0 Å². The summed E-state index contributed by atoms with van der Waals surface area (Å²) >= 11 is 6.78.